The summed E-state index contributed by atoms with van der Waals surface area (Å²) in [5.41, 5.74) is 2.26. The Morgan fingerprint density at radius 1 is 1.00 bits per heavy atom. The van der Waals surface area contributed by atoms with Crippen molar-refractivity contribution < 1.29 is 0 Å². The zero-order valence-electron chi connectivity index (χ0n) is 12.4. The second-order valence-electron chi connectivity index (χ2n) is 5.03. The fourth-order valence-electron chi connectivity index (χ4n) is 2.16. The van der Waals surface area contributed by atoms with E-state index in [2.05, 4.69) is 39.6 Å². The molecule has 5 heteroatoms. The number of nitrogens with zero attached hydrogens (tertiary/aromatic N) is 3. The minimum absolute atomic E-state index is 0.666. The van der Waals surface area contributed by atoms with Crippen LogP contribution in [0.1, 0.15) is 18.9 Å². The summed E-state index contributed by atoms with van der Waals surface area (Å²) in [4.78, 5) is 4.68. The Morgan fingerprint density at radius 2 is 1.68 bits per heavy atom. The molecule has 0 radical (unpaired) electrons. The molecule has 22 heavy (non-hydrogen) atoms. The Bertz CT molecular complexity index is 670. The van der Waals surface area contributed by atoms with E-state index in [1.165, 1.54) is 5.56 Å². The highest BCUT2D eigenvalue weighted by Gasteiger charge is 2.32. The maximum Gasteiger partial charge on any atom is 0.246 e. The summed E-state index contributed by atoms with van der Waals surface area (Å²) in [6.07, 6.45) is 0.751. The monoisotopic (exact) mass is 310 g/mol. The number of benzene rings is 2. The van der Waals surface area contributed by atoms with Gasteiger partial charge >= 0.3 is 0 Å². The molecule has 0 aliphatic carbocycles. The number of rotatable bonds is 5. The number of azo groups is 1. The van der Waals surface area contributed by atoms with E-state index in [9.17, 15) is 0 Å². The molecule has 0 aromatic heterocycles. The molecule has 0 spiro atoms. The van der Waals surface area contributed by atoms with Gasteiger partial charge in [-0.1, -0.05) is 67.2 Å². The summed E-state index contributed by atoms with van der Waals surface area (Å²) in [5, 5.41) is 12.7. The van der Waals surface area contributed by atoms with Crippen molar-refractivity contribution in [3.8, 4) is 0 Å². The topological polar surface area (TPSA) is 49.1 Å². The van der Waals surface area contributed by atoms with Crippen molar-refractivity contribution in [2.45, 2.75) is 24.9 Å². The van der Waals surface area contributed by atoms with Gasteiger partial charge in [0.05, 0.1) is 0 Å². The maximum absolute atomic E-state index is 4.68. The predicted octanol–water partition coefficient (Wildman–Crippen LogP) is 4.92. The molecular weight excluding hydrogens is 292 g/mol. The molecule has 1 atom stereocenters. The molecule has 1 aliphatic rings. The van der Waals surface area contributed by atoms with Gasteiger partial charge in [-0.3, -0.25) is 0 Å². The third-order valence-corrected chi connectivity index (χ3v) is 4.31. The van der Waals surface area contributed by atoms with E-state index >= 15 is 0 Å². The lowest BCUT2D eigenvalue weighted by Gasteiger charge is -2.22. The van der Waals surface area contributed by atoms with Gasteiger partial charge < -0.3 is 5.32 Å². The summed E-state index contributed by atoms with van der Waals surface area (Å²) in [5.74, 6) is 0.185. The number of hydrogen-bond donors (Lipinski definition) is 1. The van der Waals surface area contributed by atoms with Crippen LogP contribution in [0.5, 0.6) is 0 Å². The van der Waals surface area contributed by atoms with Crippen LogP contribution in [0.25, 0.3) is 0 Å². The number of aliphatic imine (C=N–C) groups is 1. The van der Waals surface area contributed by atoms with Crippen molar-refractivity contribution in [1.29, 1.82) is 0 Å². The van der Waals surface area contributed by atoms with E-state index in [-0.39, 0.29) is 0 Å². The van der Waals surface area contributed by atoms with Crippen LogP contribution in [0, 0.1) is 0 Å². The fraction of sp³-hybridized carbons (Fsp3) is 0.235. The lowest BCUT2D eigenvalue weighted by Crippen LogP contribution is -2.31. The molecule has 112 valence electrons. The molecule has 0 fully saturated rings. The average Bonchev–Trinajstić information content (AvgIpc) is 2.99. The molecule has 0 saturated carbocycles. The first-order valence-electron chi connectivity index (χ1n) is 7.32. The number of amidine groups is 1. The number of para-hydroxylation sites is 1. The van der Waals surface area contributed by atoms with E-state index in [1.807, 2.05) is 48.5 Å². The minimum atomic E-state index is -0.666. The van der Waals surface area contributed by atoms with Crippen LogP contribution in [-0.4, -0.2) is 11.0 Å². The van der Waals surface area contributed by atoms with Crippen LogP contribution >= 0.6 is 11.8 Å². The molecule has 0 amide bonds. The van der Waals surface area contributed by atoms with Crippen molar-refractivity contribution in [3.05, 3.63) is 66.2 Å². The van der Waals surface area contributed by atoms with Gasteiger partial charge in [-0.2, -0.15) is 0 Å². The Balaban J connectivity index is 1.67. The molecular formula is C17H18N4S. The number of anilines is 1. The van der Waals surface area contributed by atoms with Crippen molar-refractivity contribution in [2.24, 2.45) is 15.2 Å². The molecule has 2 aromatic rings. The molecule has 0 saturated heterocycles. The lowest BCUT2D eigenvalue weighted by atomic mass is 10.2. The zero-order valence-corrected chi connectivity index (χ0v) is 13.3. The fourth-order valence-corrected chi connectivity index (χ4v) is 2.96. The highest BCUT2D eigenvalue weighted by atomic mass is 32.2. The molecule has 3 rings (SSSR count). The molecule has 1 unspecified atom stereocenters. The van der Waals surface area contributed by atoms with Gasteiger partial charge in [-0.25, -0.2) is 4.99 Å². The molecule has 4 nitrogen and oxygen atoms in total. The molecule has 1 aliphatic heterocycles. The van der Waals surface area contributed by atoms with Gasteiger partial charge in [-0.05, 0) is 17.7 Å². The Kier molecular flexibility index (Phi) is 4.53. The van der Waals surface area contributed by atoms with E-state index in [1.54, 1.807) is 11.8 Å². The largest absolute Gasteiger partial charge is 0.341 e. The van der Waals surface area contributed by atoms with Gasteiger partial charge in [0.15, 0.2) is 0 Å². The summed E-state index contributed by atoms with van der Waals surface area (Å²) in [6, 6.07) is 20.3. The number of hydrogen-bond acceptors (Lipinski definition) is 5. The van der Waals surface area contributed by atoms with Gasteiger partial charge in [-0.15, -0.1) is 10.2 Å². The quantitative estimate of drug-likeness (QED) is 0.852. The van der Waals surface area contributed by atoms with Crippen LogP contribution in [-0.2, 0) is 5.75 Å². The van der Waals surface area contributed by atoms with Crippen molar-refractivity contribution >= 4 is 22.6 Å². The summed E-state index contributed by atoms with van der Waals surface area (Å²) in [6.45, 7) is 2.06. The molecule has 1 N–H and O–H groups in total. The third kappa shape index (κ3) is 3.54. The maximum atomic E-state index is 4.68. The highest BCUT2D eigenvalue weighted by Crippen LogP contribution is 2.30. The molecule has 0 bridgehead atoms. The predicted molar refractivity (Wildman–Crippen MR) is 93.1 cm³/mol. The lowest BCUT2D eigenvalue weighted by molar-refractivity contribution is 0.494. The average molecular weight is 310 g/mol. The minimum Gasteiger partial charge on any atom is -0.341 e. The SMILES string of the molecule is CCC1(Nc2ccccc2)N=NC(SCc2ccccc2)=N1. The first-order valence-corrected chi connectivity index (χ1v) is 8.31. The number of thioether (sulfide) groups is 1. The second kappa shape index (κ2) is 6.75. The smallest absolute Gasteiger partial charge is 0.246 e. The summed E-state index contributed by atoms with van der Waals surface area (Å²) >= 11 is 1.61. The molecule has 2 aromatic carbocycles. The van der Waals surface area contributed by atoms with Gasteiger partial charge in [0.2, 0.25) is 11.0 Å². The Morgan fingerprint density at radius 3 is 2.36 bits per heavy atom. The van der Waals surface area contributed by atoms with Crippen molar-refractivity contribution in [3.63, 3.8) is 0 Å². The van der Waals surface area contributed by atoms with Crippen LogP contribution in [0.3, 0.4) is 0 Å². The first-order chi connectivity index (χ1) is 10.8. The summed E-state index contributed by atoms with van der Waals surface area (Å²) < 4.78 is 0. The van der Waals surface area contributed by atoms with E-state index < -0.39 is 5.79 Å². The van der Waals surface area contributed by atoms with Crippen molar-refractivity contribution in [2.75, 3.05) is 5.32 Å². The van der Waals surface area contributed by atoms with Crippen LogP contribution in [0.15, 0.2) is 75.9 Å². The zero-order chi connectivity index (χ0) is 15.3. The first kappa shape index (κ1) is 14.8. The van der Waals surface area contributed by atoms with Gasteiger partial charge in [0, 0.05) is 17.9 Å². The van der Waals surface area contributed by atoms with Gasteiger partial charge in [0.1, 0.15) is 0 Å². The summed E-state index contributed by atoms with van der Waals surface area (Å²) in [7, 11) is 0. The Hall–Kier alpha value is -2.14. The van der Waals surface area contributed by atoms with Crippen molar-refractivity contribution in [1.82, 2.24) is 0 Å². The Labute approximate surface area is 134 Å². The van der Waals surface area contributed by atoms with Crippen LogP contribution in [0.2, 0.25) is 0 Å². The van der Waals surface area contributed by atoms with Crippen LogP contribution < -0.4 is 5.32 Å². The standard InChI is InChI=1S/C17H18N4S/c1-2-17(18-15-11-7-4-8-12-15)19-16(20-21-17)22-13-14-9-5-3-6-10-14/h3-12,18H,2,13H2,1H3. The normalized spacial score (nSPS) is 20.0. The van der Waals surface area contributed by atoms with Gasteiger partial charge in [0.25, 0.3) is 0 Å². The highest BCUT2D eigenvalue weighted by molar-refractivity contribution is 8.13. The number of nitrogens with one attached hydrogen (secondary N) is 1. The molecule has 1 heterocycles. The van der Waals surface area contributed by atoms with E-state index in [0.717, 1.165) is 23.0 Å². The second-order valence-corrected chi connectivity index (χ2v) is 5.97. The van der Waals surface area contributed by atoms with E-state index in [4.69, 9.17) is 0 Å². The van der Waals surface area contributed by atoms with Crippen LogP contribution in [0.4, 0.5) is 5.69 Å². The van der Waals surface area contributed by atoms with E-state index in [0.29, 0.717) is 0 Å². The third-order valence-electron chi connectivity index (χ3n) is 3.40.